The minimum Gasteiger partial charge on any atom is -0.464 e. The number of benzene rings is 1. The Labute approximate surface area is 128 Å². The molecule has 1 aromatic carbocycles. The maximum absolute atomic E-state index is 12.1. The fourth-order valence-corrected chi connectivity index (χ4v) is 2.72. The normalized spacial score (nSPS) is 19.3. The Balaban J connectivity index is 1.72. The summed E-state index contributed by atoms with van der Waals surface area (Å²) in [5.41, 5.74) is 1.55. The monoisotopic (exact) mass is 303 g/mol. The number of hydrogen-bond donors (Lipinski definition) is 3. The molecule has 1 aromatic heterocycles. The van der Waals surface area contributed by atoms with Gasteiger partial charge in [0.25, 0.3) is 0 Å². The highest BCUT2D eigenvalue weighted by Gasteiger charge is 2.31. The molecule has 3 rings (SSSR count). The number of hydrogen-bond acceptors (Lipinski definition) is 5. The Bertz CT molecular complexity index is 650. The zero-order valence-corrected chi connectivity index (χ0v) is 12.1. The van der Waals surface area contributed by atoms with Crippen molar-refractivity contribution >= 4 is 24.0 Å². The van der Waals surface area contributed by atoms with E-state index in [-0.39, 0.29) is 12.3 Å². The van der Waals surface area contributed by atoms with E-state index in [1.165, 1.54) is 0 Å². The van der Waals surface area contributed by atoms with Crippen LogP contribution in [0.5, 0.6) is 0 Å². The van der Waals surface area contributed by atoms with Crippen molar-refractivity contribution in [3.05, 3.63) is 36.1 Å². The van der Waals surface area contributed by atoms with Crippen molar-refractivity contribution in [1.29, 1.82) is 0 Å². The quantitative estimate of drug-likeness (QED) is 0.705. The first-order chi connectivity index (χ1) is 10.6. The van der Waals surface area contributed by atoms with Crippen LogP contribution in [0.15, 0.2) is 34.9 Å². The third kappa shape index (κ3) is 3.16. The van der Waals surface area contributed by atoms with Crippen molar-refractivity contribution in [2.24, 2.45) is 0 Å². The van der Waals surface area contributed by atoms with Crippen LogP contribution in [0.3, 0.4) is 0 Å². The highest BCUT2D eigenvalue weighted by molar-refractivity contribution is 6.43. The van der Waals surface area contributed by atoms with Gasteiger partial charge in [-0.1, -0.05) is 18.2 Å². The Morgan fingerprint density at radius 1 is 1.41 bits per heavy atom. The topological polar surface area (TPSA) is 91.9 Å². The molecule has 1 saturated heterocycles. The Hall–Kier alpha value is -1.83. The van der Waals surface area contributed by atoms with Crippen LogP contribution in [-0.2, 0) is 16.0 Å². The molecule has 22 heavy (non-hydrogen) atoms. The molecule has 2 aromatic rings. The van der Waals surface area contributed by atoms with E-state index in [2.05, 4.69) is 5.32 Å². The van der Waals surface area contributed by atoms with Gasteiger partial charge in [0.2, 0.25) is 5.91 Å². The van der Waals surface area contributed by atoms with Gasteiger partial charge in [-0.3, -0.25) is 4.79 Å². The average Bonchev–Trinajstić information content (AvgIpc) is 3.16. The number of para-hydroxylation sites is 1. The first-order valence-electron chi connectivity index (χ1n) is 7.38. The van der Waals surface area contributed by atoms with E-state index in [9.17, 15) is 14.8 Å². The maximum Gasteiger partial charge on any atom is 0.475 e. The molecule has 1 amide bonds. The van der Waals surface area contributed by atoms with Crippen LogP contribution < -0.4 is 5.32 Å². The van der Waals surface area contributed by atoms with E-state index in [0.717, 1.165) is 23.0 Å². The van der Waals surface area contributed by atoms with Crippen LogP contribution in [0, 0.1) is 0 Å². The van der Waals surface area contributed by atoms with Crippen LogP contribution in [-0.4, -0.2) is 41.7 Å². The van der Waals surface area contributed by atoms with Crippen molar-refractivity contribution in [3.63, 3.8) is 0 Å². The van der Waals surface area contributed by atoms with Gasteiger partial charge >= 0.3 is 7.12 Å². The van der Waals surface area contributed by atoms with Gasteiger partial charge < -0.3 is 24.5 Å². The zero-order chi connectivity index (χ0) is 15.5. The first-order valence-corrected chi connectivity index (χ1v) is 7.38. The Kier molecular flexibility index (Phi) is 4.47. The van der Waals surface area contributed by atoms with Gasteiger partial charge in [-0.15, -0.1) is 0 Å². The summed E-state index contributed by atoms with van der Waals surface area (Å²) in [5, 5.41) is 22.6. The average molecular weight is 303 g/mol. The molecule has 2 atom stereocenters. The number of carbonyl (C=O) groups is 1. The van der Waals surface area contributed by atoms with Crippen LogP contribution >= 0.6 is 0 Å². The highest BCUT2D eigenvalue weighted by atomic mass is 16.5. The molecule has 0 saturated carbocycles. The molecule has 0 aliphatic carbocycles. The Morgan fingerprint density at radius 3 is 2.95 bits per heavy atom. The lowest BCUT2D eigenvalue weighted by Gasteiger charge is -2.19. The summed E-state index contributed by atoms with van der Waals surface area (Å²) in [6.07, 6.45) is 2.86. The molecule has 1 aliphatic heterocycles. The standard InChI is InChI=1S/C15H18BNO5/c18-15(13-6-3-7-21-13)17-14(16(19)20)8-10-9-22-12-5-2-1-4-11(10)12/h1-2,4-5,9,13-14,19-20H,3,6-8H2,(H,17,18)/t13-,14?/m1/s1. The summed E-state index contributed by atoms with van der Waals surface area (Å²) < 4.78 is 10.7. The lowest BCUT2D eigenvalue weighted by molar-refractivity contribution is -0.130. The summed E-state index contributed by atoms with van der Waals surface area (Å²) in [5.74, 6) is -1.11. The van der Waals surface area contributed by atoms with Gasteiger partial charge in [0.05, 0.1) is 12.2 Å². The molecule has 0 radical (unpaired) electrons. The summed E-state index contributed by atoms with van der Waals surface area (Å²) in [7, 11) is -1.65. The van der Waals surface area contributed by atoms with E-state index < -0.39 is 19.2 Å². The van der Waals surface area contributed by atoms with Gasteiger partial charge in [0.15, 0.2) is 0 Å². The van der Waals surface area contributed by atoms with Crippen LogP contribution in [0.2, 0.25) is 0 Å². The molecule has 0 bridgehead atoms. The largest absolute Gasteiger partial charge is 0.475 e. The predicted molar refractivity (Wildman–Crippen MR) is 81.0 cm³/mol. The number of rotatable bonds is 5. The zero-order valence-electron chi connectivity index (χ0n) is 12.1. The second kappa shape index (κ2) is 6.52. The fraction of sp³-hybridized carbons (Fsp3) is 0.400. The van der Waals surface area contributed by atoms with Gasteiger partial charge in [-0.05, 0) is 30.9 Å². The molecule has 7 heteroatoms. The predicted octanol–water partition coefficient (Wildman–Crippen LogP) is 0.651. The fourth-order valence-electron chi connectivity index (χ4n) is 2.72. The number of fused-ring (bicyclic) bond motifs is 1. The molecule has 1 fully saturated rings. The minimum atomic E-state index is -1.65. The van der Waals surface area contributed by atoms with Crippen molar-refractivity contribution < 1.29 is 24.0 Å². The third-order valence-electron chi connectivity index (χ3n) is 3.91. The Morgan fingerprint density at radius 2 is 2.23 bits per heavy atom. The van der Waals surface area contributed by atoms with E-state index in [4.69, 9.17) is 9.15 Å². The number of carbonyl (C=O) groups excluding carboxylic acids is 1. The lowest BCUT2D eigenvalue weighted by Crippen LogP contribution is -2.50. The van der Waals surface area contributed by atoms with E-state index in [1.807, 2.05) is 24.3 Å². The molecule has 1 aliphatic rings. The van der Waals surface area contributed by atoms with Gasteiger partial charge in [-0.25, -0.2) is 0 Å². The van der Waals surface area contributed by atoms with Gasteiger partial charge in [-0.2, -0.15) is 0 Å². The minimum absolute atomic E-state index is 0.271. The maximum atomic E-state index is 12.1. The molecular weight excluding hydrogens is 285 g/mol. The number of ether oxygens (including phenoxy) is 1. The van der Waals surface area contributed by atoms with Gasteiger partial charge in [0.1, 0.15) is 11.7 Å². The van der Waals surface area contributed by atoms with E-state index >= 15 is 0 Å². The molecule has 1 unspecified atom stereocenters. The summed E-state index contributed by atoms with van der Waals surface area (Å²) in [6, 6.07) is 7.49. The number of nitrogens with one attached hydrogen (secondary N) is 1. The molecule has 2 heterocycles. The first kappa shape index (κ1) is 15.1. The summed E-state index contributed by atoms with van der Waals surface area (Å²) >= 11 is 0. The van der Waals surface area contributed by atoms with E-state index in [1.54, 1.807) is 6.26 Å². The SMILES string of the molecule is O=C(NC(Cc1coc2ccccc12)B(O)O)[C@H]1CCCO1. The molecule has 6 nitrogen and oxygen atoms in total. The van der Waals surface area contributed by atoms with Crippen LogP contribution in [0.1, 0.15) is 18.4 Å². The molecule has 0 spiro atoms. The second-order valence-corrected chi connectivity index (χ2v) is 5.49. The van der Waals surface area contributed by atoms with Crippen molar-refractivity contribution in [3.8, 4) is 0 Å². The van der Waals surface area contributed by atoms with Crippen molar-refractivity contribution in [2.75, 3.05) is 6.61 Å². The summed E-state index contributed by atoms with van der Waals surface area (Å²) in [4.78, 5) is 12.1. The van der Waals surface area contributed by atoms with Crippen molar-refractivity contribution in [1.82, 2.24) is 5.32 Å². The van der Waals surface area contributed by atoms with Crippen LogP contribution in [0.25, 0.3) is 11.0 Å². The lowest BCUT2D eigenvalue weighted by atomic mass is 9.75. The third-order valence-corrected chi connectivity index (χ3v) is 3.91. The summed E-state index contributed by atoms with van der Waals surface area (Å²) in [6.45, 7) is 0.566. The molecule has 3 N–H and O–H groups in total. The van der Waals surface area contributed by atoms with Gasteiger partial charge in [0, 0.05) is 12.0 Å². The van der Waals surface area contributed by atoms with E-state index in [0.29, 0.717) is 13.0 Å². The number of furan rings is 1. The number of amides is 1. The smallest absolute Gasteiger partial charge is 0.464 e. The highest BCUT2D eigenvalue weighted by Crippen LogP contribution is 2.22. The van der Waals surface area contributed by atoms with Crippen LogP contribution in [0.4, 0.5) is 0 Å². The molecule has 116 valence electrons. The van der Waals surface area contributed by atoms with Crippen molar-refractivity contribution in [2.45, 2.75) is 31.3 Å². The second-order valence-electron chi connectivity index (χ2n) is 5.49. The molecular formula is C15H18BNO5.